The van der Waals surface area contributed by atoms with Crippen LogP contribution in [0.2, 0.25) is 0 Å². The zero-order valence-electron chi connectivity index (χ0n) is 14.8. The monoisotopic (exact) mass is 389 g/mol. The quantitative estimate of drug-likeness (QED) is 0.394. The third kappa shape index (κ3) is 4.20. The fourth-order valence-electron chi connectivity index (χ4n) is 2.56. The summed E-state index contributed by atoms with van der Waals surface area (Å²) in [6.07, 6.45) is 0.237. The number of nitriles is 2. The van der Waals surface area contributed by atoms with Gasteiger partial charge in [0.1, 0.15) is 0 Å². The molecule has 3 rings (SSSR count). The lowest BCUT2D eigenvalue weighted by atomic mass is 10.2. The normalized spacial score (nSPS) is 10.2. The highest BCUT2D eigenvalue weighted by Gasteiger charge is 2.14. The Morgan fingerprint density at radius 1 is 1.14 bits per heavy atom. The molecule has 1 heterocycles. The molecule has 7 nitrogen and oxygen atoms in total. The van der Waals surface area contributed by atoms with Crippen molar-refractivity contribution in [2.45, 2.75) is 11.6 Å². The van der Waals surface area contributed by atoms with Crippen molar-refractivity contribution in [3.8, 4) is 17.8 Å². The van der Waals surface area contributed by atoms with E-state index in [4.69, 9.17) is 10.5 Å². The first kappa shape index (κ1) is 19.2. The predicted octanol–water partition coefficient (Wildman–Crippen LogP) is 2.38. The predicted molar refractivity (Wildman–Crippen MR) is 106 cm³/mol. The van der Waals surface area contributed by atoms with Gasteiger partial charge in [-0.15, -0.1) is 0 Å². The van der Waals surface area contributed by atoms with Gasteiger partial charge in [-0.3, -0.25) is 14.2 Å². The van der Waals surface area contributed by atoms with Crippen molar-refractivity contribution < 1.29 is 4.79 Å². The van der Waals surface area contributed by atoms with Crippen molar-refractivity contribution in [2.24, 2.45) is 0 Å². The standard InChI is InChI=1S/C20H15N5O2S/c21-10-3-11-23-18(26)13-28-20-24-17-5-2-1-4-16(17)19(27)25(20)15-8-6-14(12-22)7-9-15/h1-2,4-9H,3,11,13H2,(H,23,26). The van der Waals surface area contributed by atoms with E-state index in [1.807, 2.05) is 12.1 Å². The molecule has 0 aliphatic rings. The maximum Gasteiger partial charge on any atom is 0.266 e. The number of hydrogen-bond donors (Lipinski definition) is 1. The zero-order chi connectivity index (χ0) is 19.9. The molecule has 0 saturated heterocycles. The minimum atomic E-state index is -0.248. The lowest BCUT2D eigenvalue weighted by Gasteiger charge is -2.13. The van der Waals surface area contributed by atoms with Gasteiger partial charge in [-0.2, -0.15) is 10.5 Å². The van der Waals surface area contributed by atoms with Crippen molar-refractivity contribution in [1.82, 2.24) is 14.9 Å². The molecule has 0 aliphatic heterocycles. The summed E-state index contributed by atoms with van der Waals surface area (Å²) in [5.74, 6) is -0.180. The number of thioether (sulfide) groups is 1. The number of fused-ring (bicyclic) bond motifs is 1. The van der Waals surface area contributed by atoms with Gasteiger partial charge in [0, 0.05) is 6.54 Å². The first-order valence-electron chi connectivity index (χ1n) is 8.43. The third-order valence-electron chi connectivity index (χ3n) is 3.89. The van der Waals surface area contributed by atoms with Crippen molar-refractivity contribution in [3.05, 3.63) is 64.4 Å². The molecule has 0 bridgehead atoms. The molecule has 3 aromatic rings. The van der Waals surface area contributed by atoms with E-state index in [9.17, 15) is 9.59 Å². The molecule has 0 fully saturated rings. The molecule has 0 atom stereocenters. The van der Waals surface area contributed by atoms with Gasteiger partial charge in [-0.1, -0.05) is 23.9 Å². The van der Waals surface area contributed by atoms with Crippen LogP contribution in [-0.2, 0) is 4.79 Å². The lowest BCUT2D eigenvalue weighted by molar-refractivity contribution is -0.118. The summed E-state index contributed by atoms with van der Waals surface area (Å²) in [4.78, 5) is 29.6. The summed E-state index contributed by atoms with van der Waals surface area (Å²) in [5.41, 5.74) is 1.35. The number of rotatable bonds is 6. The van der Waals surface area contributed by atoms with Gasteiger partial charge >= 0.3 is 0 Å². The molecule has 0 saturated carbocycles. The number of amides is 1. The van der Waals surface area contributed by atoms with Gasteiger partial charge < -0.3 is 5.32 Å². The minimum Gasteiger partial charge on any atom is -0.354 e. The Labute approximate surface area is 165 Å². The summed E-state index contributed by atoms with van der Waals surface area (Å²) in [6.45, 7) is 0.281. The SMILES string of the molecule is N#CCCNC(=O)CSc1nc2ccccc2c(=O)n1-c1ccc(C#N)cc1. The van der Waals surface area contributed by atoms with Gasteiger partial charge in [-0.25, -0.2) is 4.98 Å². The average Bonchev–Trinajstić information content (AvgIpc) is 2.73. The number of benzene rings is 2. The van der Waals surface area contributed by atoms with E-state index in [0.29, 0.717) is 27.3 Å². The molecule has 2 aromatic carbocycles. The van der Waals surface area contributed by atoms with Gasteiger partial charge in [0.15, 0.2) is 5.16 Å². The zero-order valence-corrected chi connectivity index (χ0v) is 15.6. The van der Waals surface area contributed by atoms with E-state index >= 15 is 0 Å². The molecule has 28 heavy (non-hydrogen) atoms. The average molecular weight is 389 g/mol. The van der Waals surface area contributed by atoms with Crippen molar-refractivity contribution in [3.63, 3.8) is 0 Å². The Morgan fingerprint density at radius 2 is 1.89 bits per heavy atom. The van der Waals surface area contributed by atoms with E-state index in [1.54, 1.807) is 48.5 Å². The molecule has 1 amide bonds. The molecule has 8 heteroatoms. The smallest absolute Gasteiger partial charge is 0.266 e. The highest BCUT2D eigenvalue weighted by Crippen LogP contribution is 2.21. The van der Waals surface area contributed by atoms with Gasteiger partial charge in [0.05, 0.1) is 46.5 Å². The molecular weight excluding hydrogens is 374 g/mol. The molecule has 0 aliphatic carbocycles. The van der Waals surface area contributed by atoms with E-state index in [0.717, 1.165) is 11.8 Å². The third-order valence-corrected chi connectivity index (χ3v) is 4.83. The Kier molecular flexibility index (Phi) is 6.05. The van der Waals surface area contributed by atoms with Crippen LogP contribution in [0.25, 0.3) is 16.6 Å². The number of hydrogen-bond acceptors (Lipinski definition) is 6. The van der Waals surface area contributed by atoms with Crippen molar-refractivity contribution >= 4 is 28.6 Å². The van der Waals surface area contributed by atoms with Gasteiger partial charge in [-0.05, 0) is 36.4 Å². The number of nitrogens with one attached hydrogen (secondary N) is 1. The molecule has 0 unspecified atom stereocenters. The maximum atomic E-state index is 13.1. The highest BCUT2D eigenvalue weighted by molar-refractivity contribution is 7.99. The van der Waals surface area contributed by atoms with Gasteiger partial charge in [0.25, 0.3) is 5.56 Å². The first-order valence-corrected chi connectivity index (χ1v) is 9.41. The van der Waals surface area contributed by atoms with Crippen LogP contribution in [0.3, 0.4) is 0 Å². The summed E-state index contributed by atoms with van der Waals surface area (Å²) >= 11 is 1.14. The fraction of sp³-hybridized carbons (Fsp3) is 0.150. The fourth-order valence-corrected chi connectivity index (χ4v) is 3.40. The molecule has 1 aromatic heterocycles. The van der Waals surface area contributed by atoms with Crippen LogP contribution in [0.4, 0.5) is 0 Å². The number of carbonyl (C=O) groups excluding carboxylic acids is 1. The highest BCUT2D eigenvalue weighted by atomic mass is 32.2. The summed E-state index contributed by atoms with van der Waals surface area (Å²) in [5, 5.41) is 21.0. The largest absolute Gasteiger partial charge is 0.354 e. The Hall–Kier alpha value is -3.62. The van der Waals surface area contributed by atoms with Crippen LogP contribution in [0.5, 0.6) is 0 Å². The van der Waals surface area contributed by atoms with Crippen molar-refractivity contribution in [2.75, 3.05) is 12.3 Å². The molecule has 138 valence electrons. The van der Waals surface area contributed by atoms with Crippen LogP contribution in [-0.4, -0.2) is 27.8 Å². The number of para-hydroxylation sites is 1. The summed E-state index contributed by atoms with van der Waals surface area (Å²) < 4.78 is 1.44. The van der Waals surface area contributed by atoms with Gasteiger partial charge in [0.2, 0.25) is 5.91 Å². The molecule has 0 spiro atoms. The van der Waals surface area contributed by atoms with Crippen molar-refractivity contribution in [1.29, 1.82) is 10.5 Å². The Balaban J connectivity index is 2.00. The number of aromatic nitrogens is 2. The molecule has 1 N–H and O–H groups in total. The molecular formula is C20H15N5O2S. The summed E-state index contributed by atoms with van der Waals surface area (Å²) in [7, 11) is 0. The van der Waals surface area contributed by atoms with E-state index < -0.39 is 0 Å². The Morgan fingerprint density at radius 3 is 2.61 bits per heavy atom. The number of carbonyl (C=O) groups is 1. The second-order valence-electron chi connectivity index (χ2n) is 5.76. The minimum absolute atomic E-state index is 0.0620. The van der Waals surface area contributed by atoms with Crippen LogP contribution in [0.1, 0.15) is 12.0 Å². The maximum absolute atomic E-state index is 13.1. The van der Waals surface area contributed by atoms with Crippen LogP contribution >= 0.6 is 11.8 Å². The van der Waals surface area contributed by atoms with E-state index in [2.05, 4.69) is 10.3 Å². The van der Waals surface area contributed by atoms with E-state index in [-0.39, 0.29) is 30.2 Å². The van der Waals surface area contributed by atoms with Crippen LogP contribution in [0.15, 0.2) is 58.5 Å². The first-order chi connectivity index (χ1) is 13.6. The lowest BCUT2D eigenvalue weighted by Crippen LogP contribution is -2.27. The summed E-state index contributed by atoms with van der Waals surface area (Å²) in [6, 6.07) is 17.6. The number of nitrogens with zero attached hydrogens (tertiary/aromatic N) is 4. The molecule has 0 radical (unpaired) electrons. The second-order valence-corrected chi connectivity index (χ2v) is 6.70. The van der Waals surface area contributed by atoms with Crippen LogP contribution < -0.4 is 10.9 Å². The topological polar surface area (TPSA) is 112 Å². The van der Waals surface area contributed by atoms with E-state index in [1.165, 1.54) is 4.57 Å². The Bertz CT molecular complexity index is 1160. The second kappa shape index (κ2) is 8.85. The van der Waals surface area contributed by atoms with Crippen LogP contribution in [0, 0.1) is 22.7 Å².